The molecule has 0 unspecified atom stereocenters. The highest BCUT2D eigenvalue weighted by atomic mass is 19.4. The van der Waals surface area contributed by atoms with Crippen molar-refractivity contribution in [3.05, 3.63) is 18.0 Å². The molecule has 0 saturated heterocycles. The first-order chi connectivity index (χ1) is 9.23. The van der Waals surface area contributed by atoms with Crippen molar-refractivity contribution in [2.24, 2.45) is 0 Å². The van der Waals surface area contributed by atoms with Crippen LogP contribution in [0.4, 0.5) is 19.0 Å². The number of aliphatic hydroxyl groups is 1. The van der Waals surface area contributed by atoms with E-state index in [-0.39, 0.29) is 18.1 Å². The number of aliphatic hydroxyl groups excluding tert-OH is 1. The van der Waals surface area contributed by atoms with Gasteiger partial charge in [-0.05, 0) is 32.4 Å². The Hall–Kier alpha value is -1.90. The van der Waals surface area contributed by atoms with Gasteiger partial charge in [-0.25, -0.2) is 0 Å². The zero-order valence-corrected chi connectivity index (χ0v) is 10.9. The lowest BCUT2D eigenvalue weighted by molar-refractivity contribution is -0.146. The van der Waals surface area contributed by atoms with Crippen molar-refractivity contribution in [2.75, 3.05) is 11.9 Å². The van der Waals surface area contributed by atoms with Gasteiger partial charge in [0.05, 0.1) is 0 Å². The van der Waals surface area contributed by atoms with Crippen molar-refractivity contribution in [1.82, 2.24) is 19.8 Å². The fourth-order valence-corrected chi connectivity index (χ4v) is 1.72. The molecule has 0 atom stereocenters. The summed E-state index contributed by atoms with van der Waals surface area (Å²) >= 11 is 0. The van der Waals surface area contributed by atoms with Crippen LogP contribution in [0.3, 0.4) is 0 Å². The zero-order valence-electron chi connectivity index (χ0n) is 10.9. The van der Waals surface area contributed by atoms with Gasteiger partial charge in [-0.15, -0.1) is 15.3 Å². The number of anilines is 1. The highest BCUT2D eigenvalue weighted by Crippen LogP contribution is 2.27. The van der Waals surface area contributed by atoms with Gasteiger partial charge in [0.15, 0.2) is 5.65 Å². The fraction of sp³-hybridized carbons (Fsp3) is 0.545. The molecule has 0 aromatic carbocycles. The number of halogens is 3. The largest absolute Gasteiger partial charge is 0.453 e. The van der Waals surface area contributed by atoms with Crippen LogP contribution in [-0.2, 0) is 6.18 Å². The molecule has 0 radical (unpaired) electrons. The van der Waals surface area contributed by atoms with Crippen molar-refractivity contribution in [1.29, 1.82) is 0 Å². The Bertz CT molecular complexity index is 608. The molecule has 20 heavy (non-hydrogen) atoms. The SMILES string of the molecule is CC(C)(CCO)Nc1ccc2nnc(C(F)(F)F)n2n1. The standard InChI is InChI=1S/C11H14F3N5O/c1-10(2,5-6-20)15-7-3-4-8-16-17-9(11(12,13)14)19(8)18-7/h3-4,20H,5-6H2,1-2H3,(H,15,18). The first kappa shape index (κ1) is 14.5. The van der Waals surface area contributed by atoms with Crippen LogP contribution in [0.1, 0.15) is 26.1 Å². The summed E-state index contributed by atoms with van der Waals surface area (Å²) in [5.74, 6) is -0.919. The van der Waals surface area contributed by atoms with E-state index in [4.69, 9.17) is 5.11 Å². The molecule has 0 spiro atoms. The maximum Gasteiger partial charge on any atom is 0.453 e. The average molecular weight is 289 g/mol. The van der Waals surface area contributed by atoms with Crippen LogP contribution < -0.4 is 5.32 Å². The smallest absolute Gasteiger partial charge is 0.396 e. The highest BCUT2D eigenvalue weighted by Gasteiger charge is 2.37. The molecule has 2 N–H and O–H groups in total. The molecule has 6 nitrogen and oxygen atoms in total. The number of rotatable bonds is 4. The van der Waals surface area contributed by atoms with Gasteiger partial charge < -0.3 is 10.4 Å². The fourth-order valence-electron chi connectivity index (χ4n) is 1.72. The van der Waals surface area contributed by atoms with E-state index in [1.54, 1.807) is 0 Å². The molecule has 9 heteroatoms. The third-order valence-electron chi connectivity index (χ3n) is 2.72. The zero-order chi connectivity index (χ0) is 15.0. The van der Waals surface area contributed by atoms with Gasteiger partial charge in [0.1, 0.15) is 5.82 Å². The first-order valence-corrected chi connectivity index (χ1v) is 5.92. The molecule has 0 amide bonds. The van der Waals surface area contributed by atoms with Crippen LogP contribution in [0.5, 0.6) is 0 Å². The lowest BCUT2D eigenvalue weighted by Gasteiger charge is -2.25. The summed E-state index contributed by atoms with van der Waals surface area (Å²) in [5, 5.41) is 22.3. The maximum absolute atomic E-state index is 12.7. The van der Waals surface area contributed by atoms with E-state index >= 15 is 0 Å². The summed E-state index contributed by atoms with van der Waals surface area (Å²) in [4.78, 5) is 0. The predicted octanol–water partition coefficient (Wildman–Crippen LogP) is 1.72. The molecule has 0 aliphatic rings. The highest BCUT2D eigenvalue weighted by molar-refractivity contribution is 5.45. The third-order valence-corrected chi connectivity index (χ3v) is 2.72. The normalized spacial score (nSPS) is 12.9. The second-order valence-electron chi connectivity index (χ2n) is 4.99. The Kier molecular flexibility index (Phi) is 3.55. The van der Waals surface area contributed by atoms with E-state index in [2.05, 4.69) is 20.6 Å². The molecule has 110 valence electrons. The summed E-state index contributed by atoms with van der Waals surface area (Å²) in [6.07, 6.45) is -4.19. The second kappa shape index (κ2) is 4.89. The van der Waals surface area contributed by atoms with E-state index in [0.29, 0.717) is 10.9 Å². The Morgan fingerprint density at radius 1 is 1.25 bits per heavy atom. The van der Waals surface area contributed by atoms with E-state index in [9.17, 15) is 13.2 Å². The van der Waals surface area contributed by atoms with Gasteiger partial charge in [0, 0.05) is 12.1 Å². The van der Waals surface area contributed by atoms with E-state index in [1.165, 1.54) is 12.1 Å². The first-order valence-electron chi connectivity index (χ1n) is 5.92. The number of aromatic nitrogens is 4. The van der Waals surface area contributed by atoms with Gasteiger partial charge in [-0.2, -0.15) is 17.7 Å². The molecule has 0 saturated carbocycles. The molecule has 2 rings (SSSR count). The van der Waals surface area contributed by atoms with Crippen molar-refractivity contribution >= 4 is 11.5 Å². The summed E-state index contributed by atoms with van der Waals surface area (Å²) in [6.45, 7) is 3.58. The van der Waals surface area contributed by atoms with Crippen LogP contribution >= 0.6 is 0 Å². The summed E-state index contributed by atoms with van der Waals surface area (Å²) < 4.78 is 38.8. The van der Waals surface area contributed by atoms with Crippen LogP contribution in [-0.4, -0.2) is 37.1 Å². The van der Waals surface area contributed by atoms with Crippen molar-refractivity contribution < 1.29 is 18.3 Å². The average Bonchev–Trinajstić information content (AvgIpc) is 2.70. The van der Waals surface area contributed by atoms with Crippen LogP contribution in [0, 0.1) is 0 Å². The van der Waals surface area contributed by atoms with Crippen molar-refractivity contribution in [3.63, 3.8) is 0 Å². The number of alkyl halides is 3. The Morgan fingerprint density at radius 3 is 2.55 bits per heavy atom. The van der Waals surface area contributed by atoms with Gasteiger partial charge in [-0.3, -0.25) is 0 Å². The minimum atomic E-state index is -4.62. The van der Waals surface area contributed by atoms with Gasteiger partial charge in [0.2, 0.25) is 0 Å². The molecule has 0 aliphatic heterocycles. The van der Waals surface area contributed by atoms with Crippen LogP contribution in [0.25, 0.3) is 5.65 Å². The lowest BCUT2D eigenvalue weighted by atomic mass is 10.0. The number of nitrogens with zero attached hydrogens (tertiary/aromatic N) is 4. The Balaban J connectivity index is 2.38. The topological polar surface area (TPSA) is 75.3 Å². The van der Waals surface area contributed by atoms with E-state index in [1.807, 2.05) is 13.8 Å². The molecule has 0 fully saturated rings. The van der Waals surface area contributed by atoms with E-state index < -0.39 is 17.5 Å². The number of fused-ring (bicyclic) bond motifs is 1. The van der Waals surface area contributed by atoms with Crippen molar-refractivity contribution in [3.8, 4) is 0 Å². The Labute approximate surface area is 112 Å². The lowest BCUT2D eigenvalue weighted by Crippen LogP contribution is -2.32. The summed E-state index contributed by atoms with van der Waals surface area (Å²) in [5.41, 5.74) is -0.482. The summed E-state index contributed by atoms with van der Waals surface area (Å²) in [7, 11) is 0. The molecule has 2 aromatic rings. The quantitative estimate of drug-likeness (QED) is 0.896. The molecule has 0 aliphatic carbocycles. The van der Waals surface area contributed by atoms with Crippen LogP contribution in [0.2, 0.25) is 0 Å². The Morgan fingerprint density at radius 2 is 1.95 bits per heavy atom. The minimum Gasteiger partial charge on any atom is -0.396 e. The molecule has 0 bridgehead atoms. The number of nitrogens with one attached hydrogen (secondary N) is 1. The van der Waals surface area contributed by atoms with Crippen molar-refractivity contribution in [2.45, 2.75) is 32.0 Å². The predicted molar refractivity (Wildman–Crippen MR) is 65.2 cm³/mol. The number of hydrogen-bond donors (Lipinski definition) is 2. The molecular weight excluding hydrogens is 275 g/mol. The van der Waals surface area contributed by atoms with Gasteiger partial charge in [0.25, 0.3) is 5.82 Å². The monoisotopic (exact) mass is 289 g/mol. The molecule has 2 heterocycles. The third kappa shape index (κ3) is 2.98. The second-order valence-corrected chi connectivity index (χ2v) is 4.99. The van der Waals surface area contributed by atoms with E-state index in [0.717, 1.165) is 0 Å². The summed E-state index contributed by atoms with van der Waals surface area (Å²) in [6, 6.07) is 2.91. The molecule has 2 aromatic heterocycles. The molecular formula is C11H14F3N5O. The van der Waals surface area contributed by atoms with Gasteiger partial charge in [-0.1, -0.05) is 0 Å². The number of hydrogen-bond acceptors (Lipinski definition) is 5. The minimum absolute atomic E-state index is 0.0165. The van der Waals surface area contributed by atoms with Crippen LogP contribution in [0.15, 0.2) is 12.1 Å². The maximum atomic E-state index is 12.7. The van der Waals surface area contributed by atoms with Gasteiger partial charge >= 0.3 is 6.18 Å².